The van der Waals surface area contributed by atoms with Crippen LogP contribution in [-0.4, -0.2) is 54.5 Å². The number of methoxy groups -OCH3 is 1. The van der Waals surface area contributed by atoms with E-state index in [1.165, 1.54) is 7.11 Å². The van der Waals surface area contributed by atoms with E-state index in [-0.39, 0.29) is 6.10 Å². The number of ether oxygens (including phenoxy) is 4. The molecular formula is C14H26O6. The minimum atomic E-state index is -1.29. The molecule has 0 saturated carbocycles. The highest BCUT2D eigenvalue weighted by molar-refractivity contribution is 5.74. The van der Waals surface area contributed by atoms with Crippen LogP contribution >= 0.6 is 0 Å². The van der Waals surface area contributed by atoms with Crippen molar-refractivity contribution in [2.24, 2.45) is 0 Å². The first-order valence-electron chi connectivity index (χ1n) is 6.82. The van der Waals surface area contributed by atoms with Crippen molar-refractivity contribution in [2.75, 3.05) is 13.7 Å². The van der Waals surface area contributed by atoms with E-state index in [1.54, 1.807) is 6.92 Å². The first-order valence-corrected chi connectivity index (χ1v) is 6.82. The number of aliphatic hydroxyl groups is 1. The maximum atomic E-state index is 11.3. The van der Waals surface area contributed by atoms with Gasteiger partial charge in [-0.1, -0.05) is 0 Å². The zero-order chi connectivity index (χ0) is 15.6. The average Bonchev–Trinajstić information content (AvgIpc) is 2.64. The average molecular weight is 290 g/mol. The van der Waals surface area contributed by atoms with Crippen LogP contribution in [0.2, 0.25) is 0 Å². The smallest absolute Gasteiger partial charge is 0.337 e. The Labute approximate surface area is 120 Å². The normalized spacial score (nSPS) is 25.2. The highest BCUT2D eigenvalue weighted by Crippen LogP contribution is 2.29. The summed E-state index contributed by atoms with van der Waals surface area (Å²) in [6.45, 7) is 9.66. The van der Waals surface area contributed by atoms with E-state index in [1.807, 2.05) is 27.7 Å². The zero-order valence-electron chi connectivity index (χ0n) is 13.1. The molecule has 0 unspecified atom stereocenters. The van der Waals surface area contributed by atoms with Crippen molar-refractivity contribution in [1.29, 1.82) is 0 Å². The Morgan fingerprint density at radius 3 is 2.55 bits per heavy atom. The number of rotatable bonds is 6. The lowest BCUT2D eigenvalue weighted by Gasteiger charge is -2.32. The quantitative estimate of drug-likeness (QED) is 0.742. The molecule has 0 bridgehead atoms. The summed E-state index contributed by atoms with van der Waals surface area (Å²) in [6, 6.07) is 0. The summed E-state index contributed by atoms with van der Waals surface area (Å²) in [5.41, 5.74) is -0.553. The van der Waals surface area contributed by atoms with Gasteiger partial charge in [0.05, 0.1) is 31.5 Å². The van der Waals surface area contributed by atoms with Gasteiger partial charge in [-0.25, -0.2) is 4.79 Å². The maximum Gasteiger partial charge on any atom is 0.337 e. The van der Waals surface area contributed by atoms with Crippen molar-refractivity contribution < 1.29 is 28.8 Å². The molecular weight excluding hydrogens is 264 g/mol. The van der Waals surface area contributed by atoms with Gasteiger partial charge in [-0.15, -0.1) is 0 Å². The van der Waals surface area contributed by atoms with Gasteiger partial charge in [0.25, 0.3) is 0 Å². The van der Waals surface area contributed by atoms with Crippen molar-refractivity contribution in [1.82, 2.24) is 0 Å². The second-order valence-corrected chi connectivity index (χ2v) is 6.21. The van der Waals surface area contributed by atoms with Gasteiger partial charge in [0.1, 0.15) is 0 Å². The minimum Gasteiger partial charge on any atom is -0.467 e. The molecule has 1 saturated heterocycles. The maximum absolute atomic E-state index is 11.3. The fourth-order valence-corrected chi connectivity index (χ4v) is 2.34. The summed E-state index contributed by atoms with van der Waals surface area (Å²) < 4.78 is 21.5. The van der Waals surface area contributed by atoms with Crippen LogP contribution in [-0.2, 0) is 23.7 Å². The number of aliphatic hydroxyl groups excluding tert-OH is 1. The van der Waals surface area contributed by atoms with Crippen molar-refractivity contribution in [2.45, 2.75) is 70.7 Å². The molecule has 1 heterocycles. The van der Waals surface area contributed by atoms with Crippen LogP contribution in [0.5, 0.6) is 0 Å². The summed E-state index contributed by atoms with van der Waals surface area (Å²) in [6.07, 6.45) is -1.42. The monoisotopic (exact) mass is 290 g/mol. The molecule has 0 aromatic carbocycles. The first-order chi connectivity index (χ1) is 9.06. The molecule has 3 atom stereocenters. The van der Waals surface area contributed by atoms with E-state index in [0.29, 0.717) is 13.0 Å². The van der Waals surface area contributed by atoms with Gasteiger partial charge in [0.2, 0.25) is 0 Å². The summed E-state index contributed by atoms with van der Waals surface area (Å²) in [7, 11) is 1.23. The van der Waals surface area contributed by atoms with Gasteiger partial charge in [-0.05, 0) is 34.6 Å². The molecule has 6 heteroatoms. The summed E-state index contributed by atoms with van der Waals surface area (Å²) >= 11 is 0. The minimum absolute atomic E-state index is 0.0672. The molecule has 0 radical (unpaired) electrons. The number of carbonyl (C=O) groups excluding carboxylic acids is 1. The van der Waals surface area contributed by atoms with Crippen LogP contribution in [0.4, 0.5) is 0 Å². The lowest BCUT2D eigenvalue weighted by Crippen LogP contribution is -2.42. The van der Waals surface area contributed by atoms with E-state index < -0.39 is 29.6 Å². The standard InChI is InChI=1S/C14H26O6/c1-9(11(15)12(16)17-6)19-13(2,3)7-10-8-18-14(4,5)20-10/h9-11,15H,7-8H2,1-6H3/t9-,10-,11+/m0/s1. The molecule has 0 amide bonds. The summed E-state index contributed by atoms with van der Waals surface area (Å²) in [4.78, 5) is 11.3. The topological polar surface area (TPSA) is 74.2 Å². The molecule has 20 heavy (non-hydrogen) atoms. The molecule has 1 N–H and O–H groups in total. The van der Waals surface area contributed by atoms with Gasteiger partial charge in [0, 0.05) is 6.42 Å². The van der Waals surface area contributed by atoms with Gasteiger partial charge in [-0.3, -0.25) is 0 Å². The molecule has 118 valence electrons. The highest BCUT2D eigenvalue weighted by atomic mass is 16.7. The number of hydrogen-bond acceptors (Lipinski definition) is 6. The molecule has 1 aliphatic heterocycles. The number of esters is 1. The lowest BCUT2D eigenvalue weighted by atomic mass is 10.00. The van der Waals surface area contributed by atoms with Gasteiger partial charge in [0.15, 0.2) is 11.9 Å². The van der Waals surface area contributed by atoms with E-state index in [2.05, 4.69) is 4.74 Å². The molecule has 0 spiro atoms. The van der Waals surface area contributed by atoms with Gasteiger partial charge in [-0.2, -0.15) is 0 Å². The Bertz CT molecular complexity index is 339. The van der Waals surface area contributed by atoms with E-state index >= 15 is 0 Å². The molecule has 1 aliphatic rings. The summed E-state index contributed by atoms with van der Waals surface area (Å²) in [5.74, 6) is -1.27. The molecule has 1 fully saturated rings. The predicted molar refractivity (Wildman–Crippen MR) is 72.2 cm³/mol. The molecule has 6 nitrogen and oxygen atoms in total. The fraction of sp³-hybridized carbons (Fsp3) is 0.929. The van der Waals surface area contributed by atoms with Crippen molar-refractivity contribution in [3.8, 4) is 0 Å². The van der Waals surface area contributed by atoms with Crippen LogP contribution in [0.1, 0.15) is 41.0 Å². The van der Waals surface area contributed by atoms with Crippen molar-refractivity contribution >= 4 is 5.97 Å². The Hall–Kier alpha value is -0.690. The molecule has 0 aromatic heterocycles. The van der Waals surface area contributed by atoms with Crippen LogP contribution in [0.3, 0.4) is 0 Å². The SMILES string of the molecule is COC(=O)[C@H](O)[C@H](C)OC(C)(C)C[C@H]1COC(C)(C)O1. The second kappa shape index (κ2) is 6.39. The summed E-state index contributed by atoms with van der Waals surface area (Å²) in [5, 5.41) is 9.74. The van der Waals surface area contributed by atoms with Gasteiger partial charge >= 0.3 is 5.97 Å². The van der Waals surface area contributed by atoms with Crippen LogP contribution in [0.15, 0.2) is 0 Å². The highest BCUT2D eigenvalue weighted by Gasteiger charge is 2.38. The third-order valence-electron chi connectivity index (χ3n) is 3.18. The van der Waals surface area contributed by atoms with E-state index in [0.717, 1.165) is 0 Å². The van der Waals surface area contributed by atoms with E-state index in [9.17, 15) is 9.90 Å². The Kier molecular flexibility index (Phi) is 5.54. The Balaban J connectivity index is 2.51. The van der Waals surface area contributed by atoms with Crippen molar-refractivity contribution in [3.63, 3.8) is 0 Å². The third kappa shape index (κ3) is 5.01. The molecule has 1 rings (SSSR count). The zero-order valence-corrected chi connectivity index (χ0v) is 13.1. The third-order valence-corrected chi connectivity index (χ3v) is 3.18. The van der Waals surface area contributed by atoms with Crippen LogP contribution < -0.4 is 0 Å². The first kappa shape index (κ1) is 17.4. The number of hydrogen-bond donors (Lipinski definition) is 1. The van der Waals surface area contributed by atoms with Gasteiger partial charge < -0.3 is 24.1 Å². The molecule has 0 aliphatic carbocycles. The van der Waals surface area contributed by atoms with Crippen LogP contribution in [0.25, 0.3) is 0 Å². The largest absolute Gasteiger partial charge is 0.467 e. The molecule has 0 aromatic rings. The predicted octanol–water partition coefficient (Wildman–Crippen LogP) is 1.25. The second-order valence-electron chi connectivity index (χ2n) is 6.21. The van der Waals surface area contributed by atoms with E-state index in [4.69, 9.17) is 14.2 Å². The lowest BCUT2D eigenvalue weighted by molar-refractivity contribution is -0.173. The van der Waals surface area contributed by atoms with Crippen molar-refractivity contribution in [3.05, 3.63) is 0 Å². The van der Waals surface area contributed by atoms with Crippen LogP contribution in [0, 0.1) is 0 Å². The fourth-order valence-electron chi connectivity index (χ4n) is 2.34. The Morgan fingerprint density at radius 2 is 2.10 bits per heavy atom. The number of carbonyl (C=O) groups is 1. The Morgan fingerprint density at radius 1 is 1.50 bits per heavy atom.